The molecule has 0 radical (unpaired) electrons. The lowest BCUT2D eigenvalue weighted by molar-refractivity contribution is -0.150. The van der Waals surface area contributed by atoms with Gasteiger partial charge in [-0.3, -0.25) is 9.48 Å². The van der Waals surface area contributed by atoms with Crippen LogP contribution in [0.25, 0.3) is 38.8 Å². The van der Waals surface area contributed by atoms with Crippen molar-refractivity contribution in [2.24, 2.45) is 18.4 Å². The molecule has 2 fully saturated rings. The van der Waals surface area contributed by atoms with Crippen molar-refractivity contribution in [1.82, 2.24) is 24.5 Å². The summed E-state index contributed by atoms with van der Waals surface area (Å²) >= 11 is 0. The van der Waals surface area contributed by atoms with Gasteiger partial charge in [-0.15, -0.1) is 0 Å². The number of carbonyl (C=O) groups is 1. The van der Waals surface area contributed by atoms with Crippen molar-refractivity contribution < 1.29 is 14.3 Å². The Labute approximate surface area is 218 Å². The number of carboxylic acids is 1. The molecule has 1 saturated carbocycles. The van der Waals surface area contributed by atoms with Crippen LogP contribution in [-0.2, 0) is 11.8 Å². The molecule has 2 aliphatic rings. The van der Waals surface area contributed by atoms with Crippen LogP contribution in [0.5, 0.6) is 0 Å². The number of carboxylic acid groups (broad SMARTS) is 1. The molecular weight excluding hydrogens is 483 g/mol. The maximum Gasteiger partial charge on any atom is 0.309 e. The van der Waals surface area contributed by atoms with E-state index in [0.29, 0.717) is 29.7 Å². The lowest BCUT2D eigenvalue weighted by Crippen LogP contribution is -2.44. The highest BCUT2D eigenvalue weighted by Gasteiger charge is 2.56. The van der Waals surface area contributed by atoms with Gasteiger partial charge in [0.1, 0.15) is 17.3 Å². The molecule has 3 aromatic heterocycles. The van der Waals surface area contributed by atoms with Crippen LogP contribution in [0.4, 0.5) is 10.2 Å². The lowest BCUT2D eigenvalue weighted by Gasteiger charge is -2.36. The number of piperidine rings is 1. The molecule has 0 unspecified atom stereocenters. The zero-order valence-corrected chi connectivity index (χ0v) is 21.4. The van der Waals surface area contributed by atoms with E-state index in [-0.39, 0.29) is 17.8 Å². The molecule has 0 amide bonds. The zero-order chi connectivity index (χ0) is 26.3. The van der Waals surface area contributed by atoms with Gasteiger partial charge in [0.05, 0.1) is 28.3 Å². The van der Waals surface area contributed by atoms with Gasteiger partial charge in [0.2, 0.25) is 0 Å². The number of aromatic nitrogens is 5. The second-order valence-electron chi connectivity index (χ2n) is 11.0. The molecular formula is C29H27FN6O2. The van der Waals surface area contributed by atoms with Crippen LogP contribution in [0.1, 0.15) is 25.3 Å². The maximum absolute atomic E-state index is 14.6. The Morgan fingerprint density at radius 3 is 2.71 bits per heavy atom. The Hall–Kier alpha value is -4.27. The quantitative estimate of drug-likeness (QED) is 0.361. The van der Waals surface area contributed by atoms with Crippen molar-refractivity contribution in [3.05, 3.63) is 66.2 Å². The van der Waals surface area contributed by atoms with Gasteiger partial charge in [-0.2, -0.15) is 10.2 Å². The summed E-state index contributed by atoms with van der Waals surface area (Å²) in [7, 11) is 1.82. The predicted molar refractivity (Wildman–Crippen MR) is 143 cm³/mol. The normalized spacial score (nSPS) is 22.7. The topological polar surface area (TPSA) is 89.1 Å². The number of benzene rings is 2. The molecule has 1 N–H and O–H groups in total. The smallest absolute Gasteiger partial charge is 0.309 e. The van der Waals surface area contributed by atoms with Crippen molar-refractivity contribution in [2.75, 3.05) is 11.4 Å². The van der Waals surface area contributed by atoms with Crippen molar-refractivity contribution >= 4 is 33.6 Å². The van der Waals surface area contributed by atoms with Crippen LogP contribution in [0.2, 0.25) is 0 Å². The molecule has 192 valence electrons. The number of anilines is 1. The summed E-state index contributed by atoms with van der Waals surface area (Å²) < 4.78 is 18.2. The van der Waals surface area contributed by atoms with Gasteiger partial charge in [0, 0.05) is 48.2 Å². The van der Waals surface area contributed by atoms with E-state index in [4.69, 9.17) is 10.1 Å². The fourth-order valence-corrected chi connectivity index (χ4v) is 6.57. The average molecular weight is 511 g/mol. The number of para-hydroxylation sites is 1. The van der Waals surface area contributed by atoms with Gasteiger partial charge in [-0.1, -0.05) is 18.2 Å². The predicted octanol–water partition coefficient (Wildman–Crippen LogP) is 5.11. The van der Waals surface area contributed by atoms with Gasteiger partial charge in [0.15, 0.2) is 0 Å². The third-order valence-corrected chi connectivity index (χ3v) is 8.60. The van der Waals surface area contributed by atoms with Crippen LogP contribution in [0.3, 0.4) is 0 Å². The highest BCUT2D eigenvalue weighted by Crippen LogP contribution is 2.51. The first-order valence-electron chi connectivity index (χ1n) is 12.8. The fraction of sp³-hybridized carbons (Fsp3) is 0.310. The van der Waals surface area contributed by atoms with Crippen molar-refractivity contribution in [3.8, 4) is 16.9 Å². The minimum atomic E-state index is -0.702. The van der Waals surface area contributed by atoms with Gasteiger partial charge in [0.25, 0.3) is 0 Å². The summed E-state index contributed by atoms with van der Waals surface area (Å²) in [6.45, 7) is 4.61. The molecule has 3 atom stereocenters. The molecule has 8 nitrogen and oxygen atoms in total. The lowest BCUT2D eigenvalue weighted by atomic mass is 9.78. The summed E-state index contributed by atoms with van der Waals surface area (Å²) in [6.07, 6.45) is 5.22. The molecule has 2 aromatic carbocycles. The van der Waals surface area contributed by atoms with E-state index >= 15 is 0 Å². The standard InChI is InChI=1S/C29H27FN6O2/c1-16-5-4-6-21-26(22-10-18(30)11-24-23(22)15-34(3)32-24)33-36(27(16)21)19-7-8-25(31-13-19)35-14-17-9-20(35)12-29(17,2)28(37)38/h4-8,10-11,13,15,17,20H,9,12,14H2,1-3H3,(H,37,38)/t17-,20-,29-/m1/s1. The summed E-state index contributed by atoms with van der Waals surface area (Å²) in [4.78, 5) is 18.8. The molecule has 9 heteroatoms. The zero-order valence-electron chi connectivity index (χ0n) is 21.4. The number of hydrogen-bond donors (Lipinski definition) is 1. The molecule has 2 bridgehead atoms. The first kappa shape index (κ1) is 22.9. The second kappa shape index (κ2) is 7.86. The van der Waals surface area contributed by atoms with Crippen molar-refractivity contribution in [1.29, 1.82) is 0 Å². The number of fused-ring (bicyclic) bond motifs is 4. The van der Waals surface area contributed by atoms with E-state index < -0.39 is 11.4 Å². The first-order valence-corrected chi connectivity index (χ1v) is 12.8. The Balaban J connectivity index is 1.30. The van der Waals surface area contributed by atoms with Crippen molar-refractivity contribution in [3.63, 3.8) is 0 Å². The number of nitrogens with zero attached hydrogens (tertiary/aromatic N) is 6. The Bertz CT molecular complexity index is 1760. The van der Waals surface area contributed by atoms with E-state index in [1.54, 1.807) is 4.68 Å². The van der Waals surface area contributed by atoms with E-state index in [1.165, 1.54) is 12.1 Å². The van der Waals surface area contributed by atoms with Gasteiger partial charge < -0.3 is 10.0 Å². The van der Waals surface area contributed by atoms with Gasteiger partial charge in [-0.25, -0.2) is 14.1 Å². The number of aliphatic carboxylic acids is 1. The summed E-state index contributed by atoms with van der Waals surface area (Å²) in [5.41, 5.74) is 4.11. The molecule has 38 heavy (non-hydrogen) atoms. The third-order valence-electron chi connectivity index (χ3n) is 8.60. The highest BCUT2D eigenvalue weighted by molar-refractivity contribution is 6.03. The van der Waals surface area contributed by atoms with Crippen LogP contribution >= 0.6 is 0 Å². The molecule has 1 aliphatic carbocycles. The van der Waals surface area contributed by atoms with Crippen LogP contribution in [0, 0.1) is 24.1 Å². The van der Waals surface area contributed by atoms with Crippen LogP contribution in [0.15, 0.2) is 54.9 Å². The molecule has 5 aromatic rings. The van der Waals surface area contributed by atoms with E-state index in [9.17, 15) is 14.3 Å². The molecule has 0 spiro atoms. The average Bonchev–Trinajstić information content (AvgIpc) is 3.64. The highest BCUT2D eigenvalue weighted by atomic mass is 19.1. The fourth-order valence-electron chi connectivity index (χ4n) is 6.57. The number of aryl methyl sites for hydroxylation is 2. The maximum atomic E-state index is 14.6. The van der Waals surface area contributed by atoms with E-state index in [2.05, 4.69) is 10.00 Å². The molecule has 7 rings (SSSR count). The number of pyridine rings is 1. The Kier molecular flexibility index (Phi) is 4.74. The largest absolute Gasteiger partial charge is 0.481 e. The second-order valence-corrected chi connectivity index (χ2v) is 11.0. The Morgan fingerprint density at radius 2 is 2.00 bits per heavy atom. The molecule has 4 heterocycles. The minimum Gasteiger partial charge on any atom is -0.481 e. The molecule has 1 aliphatic heterocycles. The summed E-state index contributed by atoms with van der Waals surface area (Å²) in [6, 6.07) is 13.2. The Morgan fingerprint density at radius 1 is 1.16 bits per heavy atom. The minimum absolute atomic E-state index is 0.127. The monoisotopic (exact) mass is 510 g/mol. The number of rotatable bonds is 4. The van der Waals surface area contributed by atoms with Crippen molar-refractivity contribution in [2.45, 2.75) is 32.7 Å². The van der Waals surface area contributed by atoms with E-state index in [0.717, 1.165) is 39.8 Å². The summed E-state index contributed by atoms with van der Waals surface area (Å²) in [5, 5.41) is 20.9. The first-order chi connectivity index (χ1) is 18.2. The summed E-state index contributed by atoms with van der Waals surface area (Å²) in [5.74, 6) is -0.0790. The van der Waals surface area contributed by atoms with Gasteiger partial charge in [-0.05, 0) is 56.4 Å². The number of hydrogen-bond acceptors (Lipinski definition) is 5. The molecule has 1 saturated heterocycles. The van der Waals surface area contributed by atoms with Gasteiger partial charge >= 0.3 is 5.97 Å². The van der Waals surface area contributed by atoms with Crippen LogP contribution in [-0.4, -0.2) is 48.2 Å². The van der Waals surface area contributed by atoms with E-state index in [1.807, 2.05) is 68.3 Å². The SMILES string of the molecule is Cc1cccc2c(-c3cc(F)cc4nn(C)cc34)nn(-c3ccc(N4C[C@H]5C[C@@H]4C[C@@]5(C)C(=O)O)nc3)c12. The third kappa shape index (κ3) is 3.20. The van der Waals surface area contributed by atoms with Crippen LogP contribution < -0.4 is 4.90 Å². The number of halogens is 1.